The zero-order valence-electron chi connectivity index (χ0n) is 20.6. The van der Waals surface area contributed by atoms with E-state index in [4.69, 9.17) is 9.47 Å². The Morgan fingerprint density at radius 1 is 0.914 bits per heavy atom. The van der Waals surface area contributed by atoms with Gasteiger partial charge in [-0.1, -0.05) is 24.3 Å². The van der Waals surface area contributed by atoms with E-state index in [1.165, 1.54) is 16.3 Å². The van der Waals surface area contributed by atoms with Crippen LogP contribution in [0, 0.1) is 0 Å². The highest BCUT2D eigenvalue weighted by molar-refractivity contribution is 5.91. The Hall–Kier alpha value is -3.51. The number of fused-ring (bicyclic) bond motifs is 1. The first-order valence-electron chi connectivity index (χ1n) is 12.6. The molecule has 5 rings (SSSR count). The molecule has 0 bridgehead atoms. The lowest BCUT2D eigenvalue weighted by molar-refractivity contribution is 0.210. The zero-order chi connectivity index (χ0) is 24.0. The molecule has 0 unspecified atom stereocenters. The van der Waals surface area contributed by atoms with E-state index in [-0.39, 0.29) is 0 Å². The second-order valence-electron chi connectivity index (χ2n) is 8.97. The lowest BCUT2D eigenvalue weighted by Crippen LogP contribution is -2.38. The number of hydrogen-bond donors (Lipinski definition) is 1. The topological polar surface area (TPSA) is 51.6 Å². The van der Waals surface area contributed by atoms with Crippen LogP contribution in [0.1, 0.15) is 32.3 Å². The molecule has 2 aromatic carbocycles. The van der Waals surface area contributed by atoms with Crippen LogP contribution in [0.2, 0.25) is 0 Å². The number of likely N-dealkylation sites (tertiary alicyclic amines) is 1. The fourth-order valence-electron chi connectivity index (χ4n) is 4.92. The minimum Gasteiger partial charge on any atom is -0.492 e. The maximum atomic E-state index is 6.06. The van der Waals surface area contributed by atoms with Crippen molar-refractivity contribution in [1.82, 2.24) is 14.5 Å². The average Bonchev–Trinajstić information content (AvgIpc) is 3.40. The van der Waals surface area contributed by atoms with Crippen LogP contribution in [0.4, 0.5) is 5.82 Å². The molecule has 6 nitrogen and oxygen atoms in total. The molecule has 2 aromatic heterocycles. The molecule has 1 fully saturated rings. The fourth-order valence-corrected chi connectivity index (χ4v) is 4.92. The monoisotopic (exact) mass is 470 g/mol. The number of hydrogen-bond acceptors (Lipinski definition) is 5. The van der Waals surface area contributed by atoms with Crippen molar-refractivity contribution in [2.75, 3.05) is 31.6 Å². The Bertz CT molecular complexity index is 1210. The average molecular weight is 471 g/mol. The molecule has 0 atom stereocenters. The Morgan fingerprint density at radius 3 is 2.29 bits per heavy atom. The van der Waals surface area contributed by atoms with Crippen LogP contribution in [-0.2, 0) is 6.54 Å². The van der Waals surface area contributed by atoms with Gasteiger partial charge in [-0.2, -0.15) is 0 Å². The molecule has 0 saturated carbocycles. The third-order valence-corrected chi connectivity index (χ3v) is 6.57. The van der Waals surface area contributed by atoms with E-state index in [1.54, 1.807) is 0 Å². The SMILES string of the molecule is CCOc1cc(CN2CCC(Nc3nccc4ccccc34)CC2)cc(OCC)c1-n1cccc1. The van der Waals surface area contributed by atoms with Gasteiger partial charge in [-0.25, -0.2) is 4.98 Å². The number of pyridine rings is 1. The summed E-state index contributed by atoms with van der Waals surface area (Å²) in [5.41, 5.74) is 2.18. The second-order valence-corrected chi connectivity index (χ2v) is 8.97. The van der Waals surface area contributed by atoms with Gasteiger partial charge < -0.3 is 19.4 Å². The fraction of sp³-hybridized carbons (Fsp3) is 0.345. The summed E-state index contributed by atoms with van der Waals surface area (Å²) in [5, 5.41) is 6.11. The molecule has 35 heavy (non-hydrogen) atoms. The first kappa shape index (κ1) is 23.2. The quantitative estimate of drug-likeness (QED) is 0.330. The summed E-state index contributed by atoms with van der Waals surface area (Å²) in [7, 11) is 0. The maximum Gasteiger partial charge on any atom is 0.147 e. The molecule has 0 radical (unpaired) electrons. The largest absolute Gasteiger partial charge is 0.492 e. The summed E-state index contributed by atoms with van der Waals surface area (Å²) in [5.74, 6) is 2.72. The van der Waals surface area contributed by atoms with Crippen molar-refractivity contribution in [3.63, 3.8) is 0 Å². The molecule has 6 heteroatoms. The first-order chi connectivity index (χ1) is 17.2. The van der Waals surface area contributed by atoms with E-state index < -0.39 is 0 Å². The third-order valence-electron chi connectivity index (χ3n) is 6.57. The highest BCUT2D eigenvalue weighted by Crippen LogP contribution is 2.35. The van der Waals surface area contributed by atoms with Crippen LogP contribution in [0.5, 0.6) is 11.5 Å². The number of ether oxygens (including phenoxy) is 2. The van der Waals surface area contributed by atoms with Crippen LogP contribution in [0.3, 0.4) is 0 Å². The minimum atomic E-state index is 0.429. The summed E-state index contributed by atoms with van der Waals surface area (Å²) in [6, 6.07) is 19.3. The van der Waals surface area contributed by atoms with Crippen molar-refractivity contribution in [1.29, 1.82) is 0 Å². The van der Waals surface area contributed by atoms with Crippen molar-refractivity contribution in [2.24, 2.45) is 0 Å². The van der Waals surface area contributed by atoms with E-state index in [9.17, 15) is 0 Å². The first-order valence-corrected chi connectivity index (χ1v) is 12.6. The second kappa shape index (κ2) is 10.8. The summed E-state index contributed by atoms with van der Waals surface area (Å²) in [6.45, 7) is 8.23. The normalized spacial score (nSPS) is 14.8. The van der Waals surface area contributed by atoms with Gasteiger partial charge in [0.05, 0.1) is 13.2 Å². The maximum absolute atomic E-state index is 6.06. The highest BCUT2D eigenvalue weighted by Gasteiger charge is 2.22. The summed E-state index contributed by atoms with van der Waals surface area (Å²) in [4.78, 5) is 7.14. The zero-order valence-corrected chi connectivity index (χ0v) is 20.6. The van der Waals surface area contributed by atoms with Crippen molar-refractivity contribution in [3.05, 3.63) is 78.8 Å². The van der Waals surface area contributed by atoms with Crippen LogP contribution in [-0.4, -0.2) is 46.8 Å². The number of anilines is 1. The van der Waals surface area contributed by atoms with Crippen molar-refractivity contribution < 1.29 is 9.47 Å². The van der Waals surface area contributed by atoms with E-state index in [0.29, 0.717) is 19.3 Å². The number of rotatable bonds is 9. The lowest BCUT2D eigenvalue weighted by atomic mass is 10.0. The molecular weight excluding hydrogens is 436 g/mol. The standard InChI is InChI=1S/C29H34N4O2/c1-3-34-26-19-22(20-27(35-4-2)28(26)33-15-7-8-16-33)21-32-17-12-24(13-18-32)31-29-25-10-6-5-9-23(25)11-14-30-29/h5-11,14-16,19-20,24H,3-4,12-13,17-18,21H2,1-2H3,(H,30,31). The molecule has 1 saturated heterocycles. The molecule has 1 aliphatic heterocycles. The number of nitrogens with zero attached hydrogens (tertiary/aromatic N) is 3. The minimum absolute atomic E-state index is 0.429. The number of nitrogens with one attached hydrogen (secondary N) is 1. The molecule has 0 spiro atoms. The van der Waals surface area contributed by atoms with Crippen LogP contribution >= 0.6 is 0 Å². The van der Waals surface area contributed by atoms with Gasteiger partial charge in [-0.15, -0.1) is 0 Å². The summed E-state index contributed by atoms with van der Waals surface area (Å²) >= 11 is 0. The molecule has 3 heterocycles. The number of benzene rings is 2. The van der Waals surface area contributed by atoms with Gasteiger partial charge in [0.1, 0.15) is 23.0 Å². The molecule has 0 amide bonds. The van der Waals surface area contributed by atoms with Gasteiger partial charge in [0.25, 0.3) is 0 Å². The molecular formula is C29H34N4O2. The molecule has 0 aliphatic carbocycles. The van der Waals surface area contributed by atoms with E-state index in [2.05, 4.69) is 62.2 Å². The van der Waals surface area contributed by atoms with E-state index >= 15 is 0 Å². The predicted molar refractivity (Wildman–Crippen MR) is 142 cm³/mol. The smallest absolute Gasteiger partial charge is 0.147 e. The predicted octanol–water partition coefficient (Wildman–Crippen LogP) is 5.90. The van der Waals surface area contributed by atoms with Crippen molar-refractivity contribution >= 4 is 16.6 Å². The highest BCUT2D eigenvalue weighted by atomic mass is 16.5. The van der Waals surface area contributed by atoms with Gasteiger partial charge >= 0.3 is 0 Å². The van der Waals surface area contributed by atoms with Crippen molar-refractivity contribution in [2.45, 2.75) is 39.3 Å². The van der Waals surface area contributed by atoms with Gasteiger partial charge in [0, 0.05) is 49.7 Å². The molecule has 1 aliphatic rings. The van der Waals surface area contributed by atoms with Crippen LogP contribution in [0.25, 0.3) is 16.5 Å². The van der Waals surface area contributed by atoms with E-state index in [0.717, 1.165) is 55.5 Å². The van der Waals surface area contributed by atoms with E-state index in [1.807, 2.05) is 44.6 Å². The summed E-state index contributed by atoms with van der Waals surface area (Å²) < 4.78 is 14.2. The third kappa shape index (κ3) is 5.28. The van der Waals surface area contributed by atoms with Crippen LogP contribution in [0.15, 0.2) is 73.2 Å². The Kier molecular flexibility index (Phi) is 7.19. The van der Waals surface area contributed by atoms with Crippen molar-refractivity contribution in [3.8, 4) is 17.2 Å². The molecule has 1 N–H and O–H groups in total. The van der Waals surface area contributed by atoms with Crippen LogP contribution < -0.4 is 14.8 Å². The molecule has 182 valence electrons. The van der Waals surface area contributed by atoms with Gasteiger partial charge in [-0.05, 0) is 68.0 Å². The van der Waals surface area contributed by atoms with Gasteiger partial charge in [-0.3, -0.25) is 4.90 Å². The Labute approximate surface area is 207 Å². The summed E-state index contributed by atoms with van der Waals surface area (Å²) in [6.07, 6.45) is 8.13. The lowest BCUT2D eigenvalue weighted by Gasteiger charge is -2.33. The van der Waals surface area contributed by atoms with Gasteiger partial charge in [0.15, 0.2) is 0 Å². The number of piperidine rings is 1. The molecule has 4 aromatic rings. The van der Waals surface area contributed by atoms with Gasteiger partial charge in [0.2, 0.25) is 0 Å². The Balaban J connectivity index is 1.28. The Morgan fingerprint density at radius 2 is 1.60 bits per heavy atom. The number of aromatic nitrogens is 2.